The maximum Gasteiger partial charge on any atom is 0.324 e. The lowest BCUT2D eigenvalue weighted by Crippen LogP contribution is -2.44. The second-order valence-corrected chi connectivity index (χ2v) is 7.91. The first-order chi connectivity index (χ1) is 12.0. The maximum atomic E-state index is 12.1. The third-order valence-electron chi connectivity index (χ3n) is 5.72. The molecular weight excluding hydrogens is 314 g/mol. The number of aromatic nitrogens is 2. The number of anilines is 1. The Hall–Kier alpha value is -2.08. The molecule has 6 nitrogen and oxygen atoms in total. The van der Waals surface area contributed by atoms with Crippen LogP contribution >= 0.6 is 0 Å². The van der Waals surface area contributed by atoms with E-state index >= 15 is 0 Å². The number of hydrogen-bond acceptors (Lipinski definition) is 4. The second kappa shape index (κ2) is 6.02. The zero-order chi connectivity index (χ0) is 17.7. The molecule has 1 aromatic carbocycles. The summed E-state index contributed by atoms with van der Waals surface area (Å²) in [6.45, 7) is 6.49. The number of nitrogens with zero attached hydrogens (tertiary/aromatic N) is 4. The number of para-hydroxylation sites is 1. The molecule has 3 heterocycles. The topological polar surface area (TPSA) is 67.4 Å². The van der Waals surface area contributed by atoms with Crippen molar-refractivity contribution in [1.82, 2.24) is 14.5 Å². The van der Waals surface area contributed by atoms with Crippen molar-refractivity contribution < 1.29 is 4.79 Å². The van der Waals surface area contributed by atoms with Gasteiger partial charge in [-0.25, -0.2) is 14.3 Å². The van der Waals surface area contributed by atoms with E-state index in [-0.39, 0.29) is 0 Å². The lowest BCUT2D eigenvalue weighted by Gasteiger charge is -2.33. The highest BCUT2D eigenvalue weighted by Gasteiger charge is 2.42. The summed E-state index contributed by atoms with van der Waals surface area (Å²) in [5.41, 5.74) is 8.57. The minimum atomic E-state index is -0.443. The van der Waals surface area contributed by atoms with Crippen molar-refractivity contribution in [2.24, 2.45) is 11.7 Å². The summed E-state index contributed by atoms with van der Waals surface area (Å²) in [6.07, 6.45) is 2.97. The summed E-state index contributed by atoms with van der Waals surface area (Å²) in [7, 11) is 2.20. The van der Waals surface area contributed by atoms with Crippen LogP contribution in [0.4, 0.5) is 10.5 Å². The fraction of sp³-hybridized carbons (Fsp3) is 0.579. The number of carbonyl (C=O) groups excluding carboxylic acids is 1. The fourth-order valence-corrected chi connectivity index (χ4v) is 4.36. The van der Waals surface area contributed by atoms with Gasteiger partial charge in [0.2, 0.25) is 0 Å². The molecule has 4 rings (SSSR count). The van der Waals surface area contributed by atoms with Crippen LogP contribution in [-0.4, -0.2) is 52.7 Å². The first-order valence-electron chi connectivity index (χ1n) is 9.22. The van der Waals surface area contributed by atoms with E-state index in [1.54, 1.807) is 4.57 Å². The summed E-state index contributed by atoms with van der Waals surface area (Å²) in [5.74, 6) is 1.34. The first-order valence-corrected chi connectivity index (χ1v) is 9.22. The number of nitrogens with two attached hydrogens (primary N) is 1. The van der Waals surface area contributed by atoms with E-state index in [0.29, 0.717) is 18.0 Å². The highest BCUT2D eigenvalue weighted by atomic mass is 16.2. The molecule has 1 amide bonds. The number of amides is 1. The number of likely N-dealkylation sites (tertiary alicyclic amines) is 1. The van der Waals surface area contributed by atoms with Crippen LogP contribution in [0.5, 0.6) is 0 Å². The van der Waals surface area contributed by atoms with Gasteiger partial charge in [0.25, 0.3) is 0 Å². The highest BCUT2D eigenvalue weighted by Crippen LogP contribution is 2.37. The lowest BCUT2D eigenvalue weighted by atomic mass is 10.1. The Morgan fingerprint density at radius 1 is 1.32 bits per heavy atom. The monoisotopic (exact) mass is 341 g/mol. The van der Waals surface area contributed by atoms with Crippen LogP contribution in [0.15, 0.2) is 18.2 Å². The van der Waals surface area contributed by atoms with Crippen LogP contribution in [0.25, 0.3) is 11.0 Å². The third kappa shape index (κ3) is 2.68. The molecule has 0 saturated carbocycles. The van der Waals surface area contributed by atoms with Crippen LogP contribution < -0.4 is 10.6 Å². The Morgan fingerprint density at radius 3 is 2.72 bits per heavy atom. The van der Waals surface area contributed by atoms with E-state index < -0.39 is 6.03 Å². The van der Waals surface area contributed by atoms with Gasteiger partial charge in [-0.15, -0.1) is 0 Å². The predicted octanol–water partition coefficient (Wildman–Crippen LogP) is 2.44. The SMILES string of the molecule is CC(C)CCc1nc2c(N3CC4CC3CN4C)cccc2n1C(N)=O. The molecule has 2 atom stereocenters. The molecule has 25 heavy (non-hydrogen) atoms. The quantitative estimate of drug-likeness (QED) is 0.927. The molecule has 0 aliphatic carbocycles. The van der Waals surface area contributed by atoms with Gasteiger partial charge in [0.05, 0.1) is 11.2 Å². The Labute approximate surface area is 148 Å². The maximum absolute atomic E-state index is 12.1. The standard InChI is InChI=1S/C19H27N5O/c1-12(2)7-8-17-21-18-15(5-4-6-16(18)24(17)19(20)25)23-11-13-9-14(23)10-22(13)3/h4-6,12-14H,7-11H2,1-3H3,(H2,20,25). The third-order valence-corrected chi connectivity index (χ3v) is 5.72. The highest BCUT2D eigenvalue weighted by molar-refractivity contribution is 5.96. The van der Waals surface area contributed by atoms with Crippen molar-refractivity contribution in [1.29, 1.82) is 0 Å². The second-order valence-electron chi connectivity index (χ2n) is 7.91. The number of rotatable bonds is 4. The van der Waals surface area contributed by atoms with Crippen molar-refractivity contribution in [2.45, 2.75) is 45.2 Å². The Balaban J connectivity index is 1.77. The van der Waals surface area contributed by atoms with Gasteiger partial charge < -0.3 is 10.6 Å². The molecule has 2 aromatic rings. The molecular formula is C19H27N5O. The summed E-state index contributed by atoms with van der Waals surface area (Å²) in [5, 5.41) is 0. The number of imidazole rings is 1. The van der Waals surface area contributed by atoms with E-state index in [4.69, 9.17) is 10.7 Å². The zero-order valence-electron chi connectivity index (χ0n) is 15.3. The van der Waals surface area contributed by atoms with Crippen molar-refractivity contribution in [3.8, 4) is 0 Å². The molecule has 2 aliphatic rings. The molecule has 134 valence electrons. The van der Waals surface area contributed by atoms with Crippen LogP contribution in [-0.2, 0) is 6.42 Å². The summed E-state index contributed by atoms with van der Waals surface area (Å²) >= 11 is 0. The summed E-state index contributed by atoms with van der Waals surface area (Å²) in [6, 6.07) is 6.82. The van der Waals surface area contributed by atoms with E-state index in [0.717, 1.165) is 48.5 Å². The molecule has 2 fully saturated rings. The molecule has 2 unspecified atom stereocenters. The molecule has 1 aromatic heterocycles. The Morgan fingerprint density at radius 2 is 2.12 bits per heavy atom. The van der Waals surface area contributed by atoms with Gasteiger partial charge in [-0.05, 0) is 37.9 Å². The molecule has 0 radical (unpaired) electrons. The lowest BCUT2D eigenvalue weighted by molar-refractivity contribution is 0.250. The van der Waals surface area contributed by atoms with Gasteiger partial charge in [0, 0.05) is 31.6 Å². The summed E-state index contributed by atoms with van der Waals surface area (Å²) in [4.78, 5) is 21.8. The molecule has 6 heteroatoms. The van der Waals surface area contributed by atoms with Gasteiger partial charge >= 0.3 is 6.03 Å². The van der Waals surface area contributed by atoms with E-state index in [1.807, 2.05) is 12.1 Å². The number of primary amides is 1. The van der Waals surface area contributed by atoms with E-state index in [2.05, 4.69) is 36.8 Å². The number of fused-ring (bicyclic) bond motifs is 3. The Kier molecular flexibility index (Phi) is 3.95. The van der Waals surface area contributed by atoms with E-state index in [9.17, 15) is 4.79 Å². The number of benzene rings is 1. The minimum absolute atomic E-state index is 0.443. The smallest absolute Gasteiger partial charge is 0.324 e. The normalized spacial score (nSPS) is 23.3. The van der Waals surface area contributed by atoms with Crippen molar-refractivity contribution in [3.05, 3.63) is 24.0 Å². The average molecular weight is 341 g/mol. The van der Waals surface area contributed by atoms with Gasteiger partial charge in [-0.2, -0.15) is 0 Å². The zero-order valence-corrected chi connectivity index (χ0v) is 15.3. The van der Waals surface area contributed by atoms with Crippen molar-refractivity contribution in [3.63, 3.8) is 0 Å². The molecule has 0 spiro atoms. The summed E-state index contributed by atoms with van der Waals surface area (Å²) < 4.78 is 1.60. The van der Waals surface area contributed by atoms with Crippen LogP contribution in [0.1, 0.15) is 32.5 Å². The minimum Gasteiger partial charge on any atom is -0.364 e. The van der Waals surface area contributed by atoms with Crippen LogP contribution in [0.2, 0.25) is 0 Å². The Bertz CT molecular complexity index is 809. The van der Waals surface area contributed by atoms with Crippen LogP contribution in [0.3, 0.4) is 0 Å². The molecule has 2 aliphatic heterocycles. The van der Waals surface area contributed by atoms with Crippen molar-refractivity contribution >= 4 is 22.8 Å². The number of aryl methyl sites for hydroxylation is 1. The van der Waals surface area contributed by atoms with Gasteiger partial charge in [0.15, 0.2) is 0 Å². The molecule has 2 bridgehead atoms. The molecule has 2 N–H and O–H groups in total. The number of piperazine rings is 1. The largest absolute Gasteiger partial charge is 0.364 e. The van der Waals surface area contributed by atoms with Gasteiger partial charge in [-0.1, -0.05) is 19.9 Å². The molecule has 2 saturated heterocycles. The predicted molar refractivity (Wildman–Crippen MR) is 100 cm³/mol. The van der Waals surface area contributed by atoms with Gasteiger partial charge in [-0.3, -0.25) is 4.90 Å². The average Bonchev–Trinajstić information content (AvgIpc) is 3.22. The van der Waals surface area contributed by atoms with E-state index in [1.165, 1.54) is 6.42 Å². The number of likely N-dealkylation sites (N-methyl/N-ethyl adjacent to an activating group) is 1. The van der Waals surface area contributed by atoms with Crippen LogP contribution in [0, 0.1) is 5.92 Å². The number of hydrogen-bond donors (Lipinski definition) is 1. The fourth-order valence-electron chi connectivity index (χ4n) is 4.36. The number of carbonyl (C=O) groups is 1. The van der Waals surface area contributed by atoms with Crippen molar-refractivity contribution in [2.75, 3.05) is 25.0 Å². The first kappa shape index (κ1) is 16.4. The van der Waals surface area contributed by atoms with Gasteiger partial charge in [0.1, 0.15) is 11.3 Å².